The molecule has 0 unspecified atom stereocenters. The molecule has 24 heavy (non-hydrogen) atoms. The summed E-state index contributed by atoms with van der Waals surface area (Å²) in [5.74, 6) is 2.10. The number of hydrogen-bond donors (Lipinski definition) is 0. The largest absolute Gasteiger partial charge is 0.363 e. The highest BCUT2D eigenvalue weighted by Crippen LogP contribution is 2.31. The summed E-state index contributed by atoms with van der Waals surface area (Å²) < 4.78 is 0. The number of rotatable bonds is 4. The van der Waals surface area contributed by atoms with Crippen LogP contribution in [0.15, 0.2) is 17.1 Å². The highest BCUT2D eigenvalue weighted by atomic mass is 16.1. The van der Waals surface area contributed by atoms with E-state index >= 15 is 0 Å². The number of hydrogen-bond acceptors (Lipinski definition) is 2. The Morgan fingerprint density at radius 1 is 1.12 bits per heavy atom. The second kappa shape index (κ2) is 7.50. The Hall–Kier alpha value is -1.64. The van der Waals surface area contributed by atoms with E-state index in [1.54, 1.807) is 0 Å². The molecule has 0 N–H and O–H groups in total. The number of carbonyl (C=O) groups is 1. The molecule has 0 amide bonds. The van der Waals surface area contributed by atoms with E-state index in [4.69, 9.17) is 4.99 Å². The van der Waals surface area contributed by atoms with Crippen molar-refractivity contribution in [3.05, 3.63) is 28.8 Å². The molecule has 1 aromatic rings. The SMILES string of the molecule is Cc1cc(C(=O)CC2CCCC2)c(C)cc1N=C1CCCCN1C. The smallest absolute Gasteiger partial charge is 0.163 e. The lowest BCUT2D eigenvalue weighted by Gasteiger charge is -2.26. The number of aryl methyl sites for hydroxylation is 2. The first kappa shape index (κ1) is 17.2. The zero-order valence-corrected chi connectivity index (χ0v) is 15.4. The van der Waals surface area contributed by atoms with Crippen molar-refractivity contribution in [2.24, 2.45) is 10.9 Å². The first-order valence-electron chi connectivity index (χ1n) is 9.47. The molecule has 1 heterocycles. The predicted molar refractivity (Wildman–Crippen MR) is 100 cm³/mol. The number of benzene rings is 1. The van der Waals surface area contributed by atoms with Crippen molar-refractivity contribution >= 4 is 17.3 Å². The van der Waals surface area contributed by atoms with Gasteiger partial charge in [-0.1, -0.05) is 25.7 Å². The van der Waals surface area contributed by atoms with Gasteiger partial charge in [0.2, 0.25) is 0 Å². The summed E-state index contributed by atoms with van der Waals surface area (Å²) in [4.78, 5) is 19.8. The average molecular weight is 326 g/mol. The Bertz CT molecular complexity index is 641. The van der Waals surface area contributed by atoms with Gasteiger partial charge in [0.15, 0.2) is 5.78 Å². The molecule has 0 aromatic heterocycles. The number of amidine groups is 1. The summed E-state index contributed by atoms with van der Waals surface area (Å²) >= 11 is 0. The van der Waals surface area contributed by atoms with Crippen LogP contribution in [-0.4, -0.2) is 30.1 Å². The summed E-state index contributed by atoms with van der Waals surface area (Å²) in [7, 11) is 2.12. The first-order valence-corrected chi connectivity index (χ1v) is 9.47. The fourth-order valence-corrected chi connectivity index (χ4v) is 4.04. The lowest BCUT2D eigenvalue weighted by Crippen LogP contribution is -2.31. The lowest BCUT2D eigenvalue weighted by atomic mass is 9.93. The van der Waals surface area contributed by atoms with Crippen LogP contribution in [0.3, 0.4) is 0 Å². The Balaban J connectivity index is 1.80. The van der Waals surface area contributed by atoms with Crippen molar-refractivity contribution < 1.29 is 4.79 Å². The Morgan fingerprint density at radius 3 is 2.58 bits per heavy atom. The molecule has 130 valence electrons. The monoisotopic (exact) mass is 326 g/mol. The van der Waals surface area contributed by atoms with Crippen molar-refractivity contribution in [2.75, 3.05) is 13.6 Å². The van der Waals surface area contributed by atoms with E-state index in [0.717, 1.165) is 41.8 Å². The van der Waals surface area contributed by atoms with E-state index in [1.165, 1.54) is 44.4 Å². The Labute approximate surface area is 146 Å². The van der Waals surface area contributed by atoms with Gasteiger partial charge in [-0.25, -0.2) is 4.99 Å². The second-order valence-electron chi connectivity index (χ2n) is 7.64. The van der Waals surface area contributed by atoms with Gasteiger partial charge in [0, 0.05) is 32.0 Å². The van der Waals surface area contributed by atoms with Gasteiger partial charge >= 0.3 is 0 Å². The van der Waals surface area contributed by atoms with E-state index in [-0.39, 0.29) is 0 Å². The van der Waals surface area contributed by atoms with E-state index < -0.39 is 0 Å². The van der Waals surface area contributed by atoms with E-state index in [2.05, 4.69) is 37.9 Å². The van der Waals surface area contributed by atoms with Crippen molar-refractivity contribution in [1.29, 1.82) is 0 Å². The normalized spacial score (nSPS) is 20.8. The van der Waals surface area contributed by atoms with Crippen LogP contribution in [0.25, 0.3) is 0 Å². The molecule has 1 aliphatic carbocycles. The fraction of sp³-hybridized carbons (Fsp3) is 0.619. The quantitative estimate of drug-likeness (QED) is 0.711. The first-order chi connectivity index (χ1) is 11.5. The molecule has 1 saturated heterocycles. The maximum Gasteiger partial charge on any atom is 0.163 e. The molecule has 1 aromatic carbocycles. The Kier molecular flexibility index (Phi) is 5.37. The van der Waals surface area contributed by atoms with Crippen LogP contribution in [0.4, 0.5) is 5.69 Å². The number of piperidine rings is 1. The minimum atomic E-state index is 0.316. The zero-order valence-electron chi connectivity index (χ0n) is 15.4. The minimum absolute atomic E-state index is 0.316. The number of ketones is 1. The molecule has 0 radical (unpaired) electrons. The van der Waals surface area contributed by atoms with Gasteiger partial charge in [-0.15, -0.1) is 0 Å². The third kappa shape index (κ3) is 3.88. The Morgan fingerprint density at radius 2 is 1.88 bits per heavy atom. The van der Waals surface area contributed by atoms with Gasteiger partial charge in [-0.2, -0.15) is 0 Å². The summed E-state index contributed by atoms with van der Waals surface area (Å²) in [5.41, 5.74) is 4.11. The number of carbonyl (C=O) groups excluding carboxylic acids is 1. The van der Waals surface area contributed by atoms with Gasteiger partial charge in [0.05, 0.1) is 5.69 Å². The van der Waals surface area contributed by atoms with Gasteiger partial charge in [-0.3, -0.25) is 4.79 Å². The molecule has 3 nitrogen and oxygen atoms in total. The molecule has 0 bridgehead atoms. The molecule has 0 spiro atoms. The van der Waals surface area contributed by atoms with Crippen molar-refractivity contribution in [3.63, 3.8) is 0 Å². The molecule has 3 rings (SSSR count). The molecule has 3 heteroatoms. The summed E-state index contributed by atoms with van der Waals surface area (Å²) in [5, 5.41) is 0. The summed E-state index contributed by atoms with van der Waals surface area (Å²) in [6, 6.07) is 4.17. The standard InChI is InChI=1S/C21H30N2O/c1-15-13-19(22-21-10-6-7-11-23(21)3)16(2)12-18(15)20(24)14-17-8-4-5-9-17/h12-13,17H,4-11,14H2,1-3H3. The maximum absolute atomic E-state index is 12.7. The average Bonchev–Trinajstić information content (AvgIpc) is 3.05. The number of aliphatic imine (C=N–C) groups is 1. The molecular weight excluding hydrogens is 296 g/mol. The molecule has 1 aliphatic heterocycles. The van der Waals surface area contributed by atoms with Crippen molar-refractivity contribution in [2.45, 2.75) is 65.2 Å². The van der Waals surface area contributed by atoms with Crippen LogP contribution in [0.2, 0.25) is 0 Å². The van der Waals surface area contributed by atoms with Crippen LogP contribution in [0.1, 0.15) is 72.9 Å². The van der Waals surface area contributed by atoms with Crippen LogP contribution < -0.4 is 0 Å². The van der Waals surface area contributed by atoms with Gasteiger partial charge < -0.3 is 4.90 Å². The fourth-order valence-electron chi connectivity index (χ4n) is 4.04. The zero-order chi connectivity index (χ0) is 17.1. The highest BCUT2D eigenvalue weighted by molar-refractivity contribution is 5.98. The number of likely N-dealkylation sites (tertiary alicyclic amines) is 1. The molecule has 1 saturated carbocycles. The van der Waals surface area contributed by atoms with Crippen LogP contribution >= 0.6 is 0 Å². The molecule has 2 fully saturated rings. The lowest BCUT2D eigenvalue weighted by molar-refractivity contribution is 0.0961. The predicted octanol–water partition coefficient (Wildman–Crippen LogP) is 5.21. The van der Waals surface area contributed by atoms with E-state index in [9.17, 15) is 4.79 Å². The van der Waals surface area contributed by atoms with Crippen LogP contribution in [-0.2, 0) is 0 Å². The van der Waals surface area contributed by atoms with Crippen LogP contribution in [0.5, 0.6) is 0 Å². The minimum Gasteiger partial charge on any atom is -0.363 e. The summed E-state index contributed by atoms with van der Waals surface area (Å²) in [6.07, 6.45) is 9.28. The van der Waals surface area contributed by atoms with Gasteiger partial charge in [-0.05, 0) is 55.9 Å². The van der Waals surface area contributed by atoms with Crippen molar-refractivity contribution in [1.82, 2.24) is 4.90 Å². The molecular formula is C21H30N2O. The molecule has 0 atom stereocenters. The second-order valence-corrected chi connectivity index (χ2v) is 7.64. The summed E-state index contributed by atoms with van der Waals surface area (Å²) in [6.45, 7) is 5.22. The number of nitrogens with zero attached hydrogens (tertiary/aromatic N) is 2. The highest BCUT2D eigenvalue weighted by Gasteiger charge is 2.21. The maximum atomic E-state index is 12.7. The van der Waals surface area contributed by atoms with E-state index in [1.807, 2.05) is 0 Å². The third-order valence-electron chi connectivity index (χ3n) is 5.63. The number of Topliss-reactive ketones (excluding diaryl/α,β-unsaturated/α-hetero) is 1. The topological polar surface area (TPSA) is 32.7 Å². The van der Waals surface area contributed by atoms with E-state index in [0.29, 0.717) is 11.7 Å². The van der Waals surface area contributed by atoms with Crippen molar-refractivity contribution in [3.8, 4) is 0 Å². The van der Waals surface area contributed by atoms with Gasteiger partial charge in [0.25, 0.3) is 0 Å². The van der Waals surface area contributed by atoms with Crippen LogP contribution in [0, 0.1) is 19.8 Å². The molecule has 2 aliphatic rings. The van der Waals surface area contributed by atoms with Gasteiger partial charge in [0.1, 0.15) is 5.84 Å². The third-order valence-corrected chi connectivity index (χ3v) is 5.63.